The summed E-state index contributed by atoms with van der Waals surface area (Å²) < 4.78 is 10.3. The molecule has 0 saturated carbocycles. The van der Waals surface area contributed by atoms with Gasteiger partial charge in [0.15, 0.2) is 0 Å². The minimum atomic E-state index is -0.194. The number of hydrogen-bond donors (Lipinski definition) is 2. The van der Waals surface area contributed by atoms with Gasteiger partial charge in [0, 0.05) is 37.0 Å². The molecule has 0 radical (unpaired) electrons. The van der Waals surface area contributed by atoms with E-state index < -0.39 is 0 Å². The van der Waals surface area contributed by atoms with Gasteiger partial charge in [0.05, 0.1) is 40.1 Å². The first kappa shape index (κ1) is 34.9. The van der Waals surface area contributed by atoms with Crippen LogP contribution in [0.4, 0.5) is 11.9 Å². The maximum Gasteiger partial charge on any atom is 0.266 e. The third kappa shape index (κ3) is 8.27. The van der Waals surface area contributed by atoms with Crippen LogP contribution >= 0.6 is 31.9 Å². The molecule has 0 unspecified atom stereocenters. The lowest BCUT2D eigenvalue weighted by Crippen LogP contribution is -2.35. The van der Waals surface area contributed by atoms with Gasteiger partial charge in [0.1, 0.15) is 11.3 Å². The van der Waals surface area contributed by atoms with Gasteiger partial charge in [-0.1, -0.05) is 20.3 Å². The number of ether oxygens (including phenoxy) is 1. The maximum absolute atomic E-state index is 13.2. The molecule has 45 heavy (non-hydrogen) atoms. The molecule has 4 aromatic rings. The Morgan fingerprint density at radius 1 is 0.778 bits per heavy atom. The Bertz CT molecular complexity index is 1740. The third-order valence-electron chi connectivity index (χ3n) is 7.53. The Morgan fingerprint density at radius 2 is 1.33 bits per heavy atom. The van der Waals surface area contributed by atoms with Gasteiger partial charge < -0.3 is 20.3 Å². The summed E-state index contributed by atoms with van der Waals surface area (Å²) in [7, 11) is 0. The summed E-state index contributed by atoms with van der Waals surface area (Å²) in [5.41, 5.74) is 2.24. The largest absolute Gasteiger partial charge is 0.373 e. The smallest absolute Gasteiger partial charge is 0.266 e. The minimum absolute atomic E-state index is 0.118. The zero-order valence-corrected chi connectivity index (χ0v) is 29.9. The van der Waals surface area contributed by atoms with E-state index in [2.05, 4.69) is 57.4 Å². The Labute approximate surface area is 280 Å². The molecule has 0 aromatic carbocycles. The number of rotatable bonds is 12. The molecule has 1 aliphatic heterocycles. The molecule has 0 aliphatic carbocycles. The molecule has 1 saturated heterocycles. The van der Waals surface area contributed by atoms with Crippen LogP contribution in [0.25, 0.3) is 22.1 Å². The summed E-state index contributed by atoms with van der Waals surface area (Å²) in [6.07, 6.45) is 3.64. The Balaban J connectivity index is 0.00000226. The second-order valence-electron chi connectivity index (χ2n) is 10.5. The van der Waals surface area contributed by atoms with Gasteiger partial charge in [-0.05, 0) is 90.7 Å². The van der Waals surface area contributed by atoms with Crippen molar-refractivity contribution in [2.24, 2.45) is 0 Å². The molecule has 5 heterocycles. The first-order chi connectivity index (χ1) is 21.8. The van der Waals surface area contributed by atoms with E-state index in [1.54, 1.807) is 21.3 Å². The third-order valence-corrected chi connectivity index (χ3v) is 8.67. The minimum Gasteiger partial charge on any atom is -0.373 e. The lowest BCUT2D eigenvalue weighted by Gasteiger charge is -2.26. The standard InChI is InChI=1S/C29H37Br2N9O3.C2H6/c1-4-32-28-34-18(3)19-15-21(30)27(42)40(24(19)36-28)13-14-43-17-23-20-16-22(31)26(41)39(12-11-38-9-7-6-8-10-38)25(20)37-29(35-23)33-5-2;1-2/h15-16H,4-14,17H2,1-3H3,(H,32,34,36)(H,33,35,37);1-2H3. The SMILES string of the molecule is CC.CCNc1nc(C)c2cc(Br)c(=O)n(CCOCc3nc(NCC)nc4c3cc(Br)c(=O)n4CCN3CCCCC3)c2n1. The molecular formula is C31H43Br2N9O3. The fourth-order valence-electron chi connectivity index (χ4n) is 5.37. The average Bonchev–Trinajstić information content (AvgIpc) is 3.04. The van der Waals surface area contributed by atoms with Crippen LogP contribution in [-0.2, 0) is 24.4 Å². The number of fused-ring (bicyclic) bond motifs is 2. The molecule has 1 aliphatic rings. The van der Waals surface area contributed by atoms with Crippen molar-refractivity contribution >= 4 is 65.8 Å². The van der Waals surface area contributed by atoms with Crippen LogP contribution in [0, 0.1) is 6.92 Å². The lowest BCUT2D eigenvalue weighted by atomic mass is 10.1. The predicted octanol–water partition coefficient (Wildman–Crippen LogP) is 5.32. The van der Waals surface area contributed by atoms with Gasteiger partial charge in [-0.25, -0.2) is 9.97 Å². The van der Waals surface area contributed by atoms with Gasteiger partial charge in [-0.15, -0.1) is 0 Å². The molecule has 14 heteroatoms. The summed E-state index contributed by atoms with van der Waals surface area (Å²) in [6.45, 7) is 15.3. The van der Waals surface area contributed by atoms with Crippen molar-refractivity contribution in [1.29, 1.82) is 0 Å². The molecule has 0 amide bonds. The highest BCUT2D eigenvalue weighted by molar-refractivity contribution is 9.10. The number of nitrogens with zero attached hydrogens (tertiary/aromatic N) is 7. The quantitative estimate of drug-likeness (QED) is 0.184. The number of halogens is 2. The zero-order chi connectivity index (χ0) is 32.5. The van der Waals surface area contributed by atoms with Crippen LogP contribution in [-0.4, -0.2) is 73.3 Å². The molecule has 244 valence electrons. The number of aryl methyl sites for hydroxylation is 1. The van der Waals surface area contributed by atoms with Gasteiger partial charge in [0.25, 0.3) is 11.1 Å². The van der Waals surface area contributed by atoms with E-state index in [4.69, 9.17) is 14.7 Å². The first-order valence-corrected chi connectivity index (χ1v) is 17.3. The number of pyridine rings is 2. The van der Waals surface area contributed by atoms with Crippen LogP contribution in [0.5, 0.6) is 0 Å². The normalized spacial score (nSPS) is 13.6. The van der Waals surface area contributed by atoms with E-state index in [-0.39, 0.29) is 30.9 Å². The summed E-state index contributed by atoms with van der Waals surface area (Å²) in [4.78, 5) is 47.3. The molecule has 1 fully saturated rings. The van der Waals surface area contributed by atoms with Crippen LogP contribution in [0.1, 0.15) is 58.3 Å². The van der Waals surface area contributed by atoms with Gasteiger partial charge in [-0.3, -0.25) is 18.7 Å². The highest BCUT2D eigenvalue weighted by atomic mass is 79.9. The molecule has 2 N–H and O–H groups in total. The molecule has 0 atom stereocenters. The Kier molecular flexibility index (Phi) is 12.9. The second kappa shape index (κ2) is 16.6. The van der Waals surface area contributed by atoms with Crippen molar-refractivity contribution in [3.63, 3.8) is 0 Å². The van der Waals surface area contributed by atoms with Crippen LogP contribution in [0.2, 0.25) is 0 Å². The van der Waals surface area contributed by atoms with E-state index in [1.807, 2.05) is 34.6 Å². The van der Waals surface area contributed by atoms with E-state index >= 15 is 0 Å². The fraction of sp³-hybridized carbons (Fsp3) is 0.548. The van der Waals surface area contributed by atoms with E-state index in [0.29, 0.717) is 57.5 Å². The van der Waals surface area contributed by atoms with Crippen molar-refractivity contribution in [2.75, 3.05) is 50.0 Å². The monoisotopic (exact) mass is 747 g/mol. The number of nitrogens with one attached hydrogen (secondary N) is 2. The number of anilines is 2. The van der Waals surface area contributed by atoms with Crippen LogP contribution < -0.4 is 21.8 Å². The van der Waals surface area contributed by atoms with Gasteiger partial charge >= 0.3 is 0 Å². The molecular weight excluding hydrogens is 706 g/mol. The molecule has 12 nitrogen and oxygen atoms in total. The summed E-state index contributed by atoms with van der Waals surface area (Å²) in [5.74, 6) is 0.920. The first-order valence-electron chi connectivity index (χ1n) is 15.8. The topological polar surface area (TPSA) is 132 Å². The number of piperidine rings is 1. The predicted molar refractivity (Wildman–Crippen MR) is 187 cm³/mol. The van der Waals surface area contributed by atoms with Crippen LogP contribution in [0.15, 0.2) is 30.7 Å². The Hall–Kier alpha value is -2.94. The highest BCUT2D eigenvalue weighted by Crippen LogP contribution is 2.23. The van der Waals surface area contributed by atoms with E-state index in [0.717, 1.165) is 36.1 Å². The van der Waals surface area contributed by atoms with E-state index in [9.17, 15) is 9.59 Å². The van der Waals surface area contributed by atoms with Crippen molar-refractivity contribution in [3.8, 4) is 0 Å². The molecule has 5 rings (SSSR count). The van der Waals surface area contributed by atoms with Crippen molar-refractivity contribution in [1.82, 2.24) is 34.0 Å². The second-order valence-corrected chi connectivity index (χ2v) is 12.2. The highest BCUT2D eigenvalue weighted by Gasteiger charge is 2.18. The maximum atomic E-state index is 13.2. The fourth-order valence-corrected chi connectivity index (χ4v) is 6.26. The Morgan fingerprint density at radius 3 is 1.96 bits per heavy atom. The molecule has 0 spiro atoms. The number of aromatic nitrogens is 6. The van der Waals surface area contributed by atoms with Crippen molar-refractivity contribution < 1.29 is 4.74 Å². The summed E-state index contributed by atoms with van der Waals surface area (Å²) in [6, 6.07) is 3.54. The summed E-state index contributed by atoms with van der Waals surface area (Å²) in [5, 5.41) is 7.86. The van der Waals surface area contributed by atoms with Gasteiger partial charge in [0.2, 0.25) is 11.9 Å². The molecule has 4 aromatic heterocycles. The van der Waals surface area contributed by atoms with E-state index in [1.165, 1.54) is 19.3 Å². The average molecular weight is 750 g/mol. The lowest BCUT2D eigenvalue weighted by molar-refractivity contribution is 0.111. The van der Waals surface area contributed by atoms with Crippen molar-refractivity contribution in [2.45, 2.75) is 73.6 Å². The van der Waals surface area contributed by atoms with Gasteiger partial charge in [-0.2, -0.15) is 9.97 Å². The number of hydrogen-bond acceptors (Lipinski definition) is 10. The zero-order valence-electron chi connectivity index (χ0n) is 26.8. The van der Waals surface area contributed by atoms with Crippen LogP contribution in [0.3, 0.4) is 0 Å². The van der Waals surface area contributed by atoms with Crippen molar-refractivity contribution in [3.05, 3.63) is 53.2 Å². The summed E-state index contributed by atoms with van der Waals surface area (Å²) >= 11 is 6.87. The molecule has 0 bridgehead atoms. The number of likely N-dealkylation sites (tertiary alicyclic amines) is 1.